The zero-order valence-electron chi connectivity index (χ0n) is 22.2. The number of nitrogens with one attached hydrogen (secondary N) is 1. The van der Waals surface area contributed by atoms with Gasteiger partial charge in [-0.1, -0.05) is 48.0 Å². The minimum absolute atomic E-state index is 0.159. The molecule has 4 rings (SSSR count). The first-order valence-electron chi connectivity index (χ1n) is 12.5. The number of amides is 1. The quantitative estimate of drug-likeness (QED) is 0.106. The number of benzene rings is 2. The van der Waals surface area contributed by atoms with Gasteiger partial charge >= 0.3 is 5.97 Å². The third-order valence-electron chi connectivity index (χ3n) is 5.79. The molecule has 0 fully saturated rings. The van der Waals surface area contributed by atoms with E-state index in [1.54, 1.807) is 35.0 Å². The Kier molecular flexibility index (Phi) is 9.32. The Morgan fingerprint density at radius 3 is 2.41 bits per heavy atom. The molecule has 0 aliphatic rings. The van der Waals surface area contributed by atoms with Crippen LogP contribution in [-0.2, 0) is 10.5 Å². The van der Waals surface area contributed by atoms with Crippen LogP contribution in [0.3, 0.4) is 0 Å². The Bertz CT molecular complexity index is 1470. The van der Waals surface area contributed by atoms with E-state index in [0.29, 0.717) is 45.2 Å². The predicted molar refractivity (Wildman–Crippen MR) is 152 cm³/mol. The van der Waals surface area contributed by atoms with E-state index < -0.39 is 11.9 Å². The highest BCUT2D eigenvalue weighted by atomic mass is 35.5. The summed E-state index contributed by atoms with van der Waals surface area (Å²) < 4.78 is 6.85. The number of hydrogen-bond acceptors (Lipinski definition) is 8. The lowest BCUT2D eigenvalue weighted by Crippen LogP contribution is -2.15. The first-order valence-corrected chi connectivity index (χ1v) is 13.9. The number of anilines is 1. The van der Waals surface area contributed by atoms with Crippen molar-refractivity contribution in [1.29, 1.82) is 0 Å². The molecular formula is C28H29ClN6O3S. The van der Waals surface area contributed by atoms with E-state index in [4.69, 9.17) is 16.3 Å². The molecule has 2 aromatic heterocycles. The van der Waals surface area contributed by atoms with E-state index in [2.05, 4.69) is 25.6 Å². The molecule has 9 nitrogen and oxygen atoms in total. The summed E-state index contributed by atoms with van der Waals surface area (Å²) in [6.07, 6.45) is 1.75. The number of nitrogens with zero attached hydrogens (tertiary/aromatic N) is 5. The molecule has 0 bridgehead atoms. The smallest absolute Gasteiger partial charge is 0.338 e. The van der Waals surface area contributed by atoms with Gasteiger partial charge in [-0.05, 0) is 75.2 Å². The summed E-state index contributed by atoms with van der Waals surface area (Å²) >= 11 is 7.76. The van der Waals surface area contributed by atoms with Crippen molar-refractivity contribution in [3.63, 3.8) is 0 Å². The van der Waals surface area contributed by atoms with Gasteiger partial charge in [0.2, 0.25) is 0 Å². The SMILES string of the molecule is CCCCOC(=O)c1ccc(NC(=O)c2nnn(-c3ccc(C)c(Cl)c3)c2CSc2nc(C)cc(C)n2)cc1. The van der Waals surface area contributed by atoms with Crippen molar-refractivity contribution in [3.05, 3.63) is 87.5 Å². The van der Waals surface area contributed by atoms with E-state index in [9.17, 15) is 9.59 Å². The predicted octanol–water partition coefficient (Wildman–Crippen LogP) is 6.14. The molecule has 2 aromatic carbocycles. The van der Waals surface area contributed by atoms with Gasteiger partial charge in [-0.25, -0.2) is 19.4 Å². The number of unbranched alkanes of at least 4 members (excludes halogenated alkanes) is 1. The van der Waals surface area contributed by atoms with E-state index in [1.807, 2.05) is 45.9 Å². The summed E-state index contributed by atoms with van der Waals surface area (Å²) in [5.74, 6) is -0.490. The fourth-order valence-electron chi connectivity index (χ4n) is 3.69. The molecule has 4 aromatic rings. The first kappa shape index (κ1) is 28.3. The van der Waals surface area contributed by atoms with Crippen LogP contribution in [0.2, 0.25) is 5.02 Å². The van der Waals surface area contributed by atoms with Crippen LogP contribution in [0.15, 0.2) is 53.7 Å². The van der Waals surface area contributed by atoms with E-state index >= 15 is 0 Å². The standard InChI is InChI=1S/C28H29ClN6O3S/c1-5-6-13-38-27(37)20-8-10-21(11-9-20)32-26(36)25-24(16-39-28-30-18(3)14-19(4)31-28)35(34-33-25)22-12-7-17(2)23(29)15-22/h7-12,14-15H,5-6,13,16H2,1-4H3,(H,32,36). The average Bonchev–Trinajstić information content (AvgIpc) is 3.33. The molecule has 0 saturated heterocycles. The summed E-state index contributed by atoms with van der Waals surface area (Å²) in [4.78, 5) is 34.5. The number of hydrogen-bond donors (Lipinski definition) is 1. The lowest BCUT2D eigenvalue weighted by molar-refractivity contribution is 0.0499. The topological polar surface area (TPSA) is 112 Å². The van der Waals surface area contributed by atoms with Gasteiger partial charge in [0, 0.05) is 27.9 Å². The highest BCUT2D eigenvalue weighted by Crippen LogP contribution is 2.26. The van der Waals surface area contributed by atoms with Gasteiger partial charge in [-0.15, -0.1) is 5.10 Å². The molecule has 1 amide bonds. The maximum absolute atomic E-state index is 13.3. The van der Waals surface area contributed by atoms with Crippen LogP contribution < -0.4 is 5.32 Å². The van der Waals surface area contributed by atoms with Crippen LogP contribution in [0.5, 0.6) is 0 Å². The first-order chi connectivity index (χ1) is 18.7. The number of ether oxygens (including phenoxy) is 1. The number of rotatable bonds is 10. The van der Waals surface area contributed by atoms with Crippen molar-refractivity contribution in [3.8, 4) is 5.69 Å². The third kappa shape index (κ3) is 7.21. The van der Waals surface area contributed by atoms with Crippen molar-refractivity contribution < 1.29 is 14.3 Å². The fourth-order valence-corrected chi connectivity index (χ4v) is 4.81. The van der Waals surface area contributed by atoms with Gasteiger partial charge in [-0.2, -0.15) is 0 Å². The Morgan fingerprint density at radius 2 is 1.74 bits per heavy atom. The second-order valence-electron chi connectivity index (χ2n) is 8.97. The summed E-state index contributed by atoms with van der Waals surface area (Å²) in [6, 6.07) is 14.0. The van der Waals surface area contributed by atoms with Gasteiger partial charge in [0.05, 0.1) is 23.6 Å². The molecule has 2 heterocycles. The Balaban J connectivity index is 1.58. The average molecular weight is 565 g/mol. The van der Waals surface area contributed by atoms with Gasteiger partial charge < -0.3 is 10.1 Å². The van der Waals surface area contributed by atoms with Gasteiger partial charge in [0.15, 0.2) is 10.9 Å². The third-order valence-corrected chi connectivity index (χ3v) is 7.05. The largest absolute Gasteiger partial charge is 0.462 e. The maximum Gasteiger partial charge on any atom is 0.338 e. The van der Waals surface area contributed by atoms with Gasteiger partial charge in [-0.3, -0.25) is 4.79 Å². The van der Waals surface area contributed by atoms with Crippen LogP contribution >= 0.6 is 23.4 Å². The van der Waals surface area contributed by atoms with Crippen LogP contribution in [-0.4, -0.2) is 43.4 Å². The molecule has 0 spiro atoms. The molecular weight excluding hydrogens is 536 g/mol. The monoisotopic (exact) mass is 564 g/mol. The van der Waals surface area contributed by atoms with Crippen molar-refractivity contribution in [2.24, 2.45) is 0 Å². The number of thioether (sulfide) groups is 1. The number of halogens is 1. The second kappa shape index (κ2) is 12.9. The Hall–Kier alpha value is -3.76. The lowest BCUT2D eigenvalue weighted by atomic mass is 10.2. The number of aromatic nitrogens is 5. The molecule has 0 atom stereocenters. The maximum atomic E-state index is 13.3. The van der Waals surface area contributed by atoms with Crippen LogP contribution in [0.1, 0.15) is 63.3 Å². The van der Waals surface area contributed by atoms with Crippen LogP contribution in [0.25, 0.3) is 5.69 Å². The molecule has 0 unspecified atom stereocenters. The summed E-state index contributed by atoms with van der Waals surface area (Å²) in [5.41, 5.74) is 4.97. The lowest BCUT2D eigenvalue weighted by Gasteiger charge is -2.10. The summed E-state index contributed by atoms with van der Waals surface area (Å²) in [5, 5.41) is 12.5. The molecule has 1 N–H and O–H groups in total. The van der Waals surface area contributed by atoms with E-state index in [-0.39, 0.29) is 5.69 Å². The molecule has 11 heteroatoms. The number of carbonyl (C=O) groups excluding carboxylic acids is 2. The van der Waals surface area contributed by atoms with E-state index in [0.717, 1.165) is 29.8 Å². The van der Waals surface area contributed by atoms with Gasteiger partial charge in [0.25, 0.3) is 5.91 Å². The van der Waals surface area contributed by atoms with Crippen LogP contribution in [0.4, 0.5) is 5.69 Å². The van der Waals surface area contributed by atoms with Gasteiger partial charge in [0.1, 0.15) is 0 Å². The van der Waals surface area contributed by atoms with E-state index in [1.165, 1.54) is 11.8 Å². The molecule has 39 heavy (non-hydrogen) atoms. The summed E-state index contributed by atoms with van der Waals surface area (Å²) in [6.45, 7) is 8.14. The Morgan fingerprint density at radius 1 is 1.03 bits per heavy atom. The fraction of sp³-hybridized carbons (Fsp3) is 0.286. The van der Waals surface area contributed by atoms with Crippen LogP contribution in [0, 0.1) is 20.8 Å². The zero-order valence-corrected chi connectivity index (χ0v) is 23.8. The molecule has 0 aliphatic heterocycles. The minimum Gasteiger partial charge on any atom is -0.462 e. The van der Waals surface area contributed by atoms with Crippen molar-refractivity contribution in [1.82, 2.24) is 25.0 Å². The van der Waals surface area contributed by atoms with Crippen molar-refractivity contribution >= 4 is 40.9 Å². The normalized spacial score (nSPS) is 10.9. The number of carbonyl (C=O) groups is 2. The number of aryl methyl sites for hydroxylation is 3. The highest BCUT2D eigenvalue weighted by Gasteiger charge is 2.22. The molecule has 0 aliphatic carbocycles. The molecule has 0 saturated carbocycles. The Labute approximate surface area is 236 Å². The zero-order chi connectivity index (χ0) is 27.9. The second-order valence-corrected chi connectivity index (χ2v) is 10.3. The molecule has 0 radical (unpaired) electrons. The highest BCUT2D eigenvalue weighted by molar-refractivity contribution is 7.98. The van der Waals surface area contributed by atoms with Crippen molar-refractivity contribution in [2.75, 3.05) is 11.9 Å². The molecule has 202 valence electrons. The number of esters is 1. The van der Waals surface area contributed by atoms with Crippen molar-refractivity contribution in [2.45, 2.75) is 51.4 Å². The summed E-state index contributed by atoms with van der Waals surface area (Å²) in [7, 11) is 0. The minimum atomic E-state index is -0.435.